The van der Waals surface area contributed by atoms with Crippen LogP contribution in [0.25, 0.3) is 5.82 Å². The molecule has 2 heterocycles. The van der Waals surface area contributed by atoms with Gasteiger partial charge >= 0.3 is 0 Å². The summed E-state index contributed by atoms with van der Waals surface area (Å²) in [6, 6.07) is 3.56. The van der Waals surface area contributed by atoms with Crippen molar-refractivity contribution >= 4 is 11.6 Å². The molecule has 1 unspecified atom stereocenters. The fourth-order valence-corrected chi connectivity index (χ4v) is 1.51. The van der Waals surface area contributed by atoms with Gasteiger partial charge < -0.3 is 5.11 Å². The van der Waals surface area contributed by atoms with E-state index in [1.54, 1.807) is 36.1 Å². The highest BCUT2D eigenvalue weighted by molar-refractivity contribution is 6.31. The Kier molecular flexibility index (Phi) is 2.94. The lowest BCUT2D eigenvalue weighted by molar-refractivity contribution is 0.199. The average Bonchev–Trinajstić information content (AvgIpc) is 2.59. The van der Waals surface area contributed by atoms with E-state index in [2.05, 4.69) is 10.1 Å². The number of pyridine rings is 1. The third-order valence-electron chi connectivity index (χ3n) is 2.33. The Bertz CT molecular complexity index is 488. The highest BCUT2D eigenvalue weighted by atomic mass is 35.5. The third kappa shape index (κ3) is 2.08. The zero-order valence-electron chi connectivity index (χ0n) is 9.05. The van der Waals surface area contributed by atoms with Gasteiger partial charge in [-0.2, -0.15) is 5.10 Å². The van der Waals surface area contributed by atoms with Crippen LogP contribution in [0.3, 0.4) is 0 Å². The molecule has 4 nitrogen and oxygen atoms in total. The minimum atomic E-state index is -0.520. The van der Waals surface area contributed by atoms with Crippen molar-refractivity contribution in [2.75, 3.05) is 0 Å². The minimum Gasteiger partial charge on any atom is -0.389 e. The van der Waals surface area contributed by atoms with Crippen LogP contribution in [0.5, 0.6) is 0 Å². The average molecular weight is 238 g/mol. The third-order valence-corrected chi connectivity index (χ3v) is 2.70. The monoisotopic (exact) mass is 237 g/mol. The van der Waals surface area contributed by atoms with Crippen LogP contribution >= 0.6 is 11.6 Å². The zero-order chi connectivity index (χ0) is 11.7. The van der Waals surface area contributed by atoms with Gasteiger partial charge in [0, 0.05) is 6.20 Å². The Morgan fingerprint density at radius 1 is 1.50 bits per heavy atom. The Hall–Kier alpha value is -1.39. The topological polar surface area (TPSA) is 50.9 Å². The molecule has 16 heavy (non-hydrogen) atoms. The fraction of sp³-hybridized carbons (Fsp3) is 0.273. The first-order chi connectivity index (χ1) is 7.58. The molecule has 0 saturated heterocycles. The van der Waals surface area contributed by atoms with Crippen LogP contribution in [0.2, 0.25) is 5.02 Å². The van der Waals surface area contributed by atoms with E-state index in [-0.39, 0.29) is 0 Å². The van der Waals surface area contributed by atoms with Crippen LogP contribution < -0.4 is 0 Å². The summed E-state index contributed by atoms with van der Waals surface area (Å²) in [5.41, 5.74) is 1.56. The van der Waals surface area contributed by atoms with Crippen molar-refractivity contribution < 1.29 is 5.11 Å². The summed E-state index contributed by atoms with van der Waals surface area (Å²) < 4.78 is 1.60. The molecule has 2 aromatic heterocycles. The number of aliphatic hydroxyl groups is 1. The van der Waals surface area contributed by atoms with Crippen molar-refractivity contribution in [3.05, 3.63) is 40.8 Å². The maximum absolute atomic E-state index is 9.47. The van der Waals surface area contributed by atoms with Crippen molar-refractivity contribution in [1.82, 2.24) is 14.8 Å². The zero-order valence-corrected chi connectivity index (χ0v) is 9.81. The first-order valence-corrected chi connectivity index (χ1v) is 5.32. The molecule has 2 aromatic rings. The normalized spacial score (nSPS) is 12.8. The quantitative estimate of drug-likeness (QED) is 0.872. The predicted molar refractivity (Wildman–Crippen MR) is 61.7 cm³/mol. The lowest BCUT2D eigenvalue weighted by Crippen LogP contribution is -2.00. The second-order valence-electron chi connectivity index (χ2n) is 3.63. The van der Waals surface area contributed by atoms with Gasteiger partial charge in [-0.15, -0.1) is 0 Å². The maximum atomic E-state index is 9.47. The fourth-order valence-electron chi connectivity index (χ4n) is 1.38. The standard InChI is InChI=1S/C11H12ClN3O/c1-7-10(12)6-15(14-7)11-5-9(8(2)16)3-4-13-11/h3-6,8,16H,1-2H3. The molecule has 0 aliphatic carbocycles. The molecule has 1 atom stereocenters. The predicted octanol–water partition coefficient (Wildman–Crippen LogP) is 2.28. The number of nitrogens with zero attached hydrogens (tertiary/aromatic N) is 3. The van der Waals surface area contributed by atoms with Crippen molar-refractivity contribution in [2.24, 2.45) is 0 Å². The van der Waals surface area contributed by atoms with Gasteiger partial charge in [0.1, 0.15) is 0 Å². The van der Waals surface area contributed by atoms with Crippen LogP contribution in [0.15, 0.2) is 24.5 Å². The summed E-state index contributed by atoms with van der Waals surface area (Å²) >= 11 is 5.92. The molecule has 0 aromatic carbocycles. The summed E-state index contributed by atoms with van der Waals surface area (Å²) in [5, 5.41) is 14.3. The van der Waals surface area contributed by atoms with E-state index in [9.17, 15) is 5.11 Å². The smallest absolute Gasteiger partial charge is 0.153 e. The van der Waals surface area contributed by atoms with E-state index in [1.165, 1.54) is 0 Å². The lowest BCUT2D eigenvalue weighted by Gasteiger charge is -2.06. The molecule has 84 valence electrons. The van der Waals surface area contributed by atoms with Gasteiger partial charge in [0.2, 0.25) is 0 Å². The number of aryl methyl sites for hydroxylation is 1. The molecule has 0 fully saturated rings. The second-order valence-corrected chi connectivity index (χ2v) is 4.04. The van der Waals surface area contributed by atoms with Crippen LogP contribution in [-0.2, 0) is 0 Å². The van der Waals surface area contributed by atoms with Crippen molar-refractivity contribution in [3.63, 3.8) is 0 Å². The first-order valence-electron chi connectivity index (χ1n) is 4.94. The Morgan fingerprint density at radius 3 is 2.81 bits per heavy atom. The van der Waals surface area contributed by atoms with Crippen LogP contribution in [0.1, 0.15) is 24.3 Å². The van der Waals surface area contributed by atoms with E-state index in [4.69, 9.17) is 11.6 Å². The Morgan fingerprint density at radius 2 is 2.25 bits per heavy atom. The highest BCUT2D eigenvalue weighted by Crippen LogP contribution is 2.17. The van der Waals surface area contributed by atoms with E-state index < -0.39 is 6.10 Å². The SMILES string of the molecule is Cc1nn(-c2cc(C(C)O)ccn2)cc1Cl. The number of halogens is 1. The molecule has 0 amide bonds. The number of aliphatic hydroxyl groups excluding tert-OH is 1. The molecule has 0 aliphatic rings. The summed E-state index contributed by atoms with van der Waals surface area (Å²) in [4.78, 5) is 4.18. The van der Waals surface area contributed by atoms with E-state index in [0.29, 0.717) is 10.8 Å². The lowest BCUT2D eigenvalue weighted by atomic mass is 10.2. The van der Waals surface area contributed by atoms with Gasteiger partial charge in [-0.1, -0.05) is 11.6 Å². The van der Waals surface area contributed by atoms with E-state index >= 15 is 0 Å². The summed E-state index contributed by atoms with van der Waals surface area (Å²) in [5.74, 6) is 0.647. The van der Waals surface area contributed by atoms with Gasteiger partial charge in [-0.05, 0) is 31.5 Å². The Balaban J connectivity index is 2.44. The van der Waals surface area contributed by atoms with E-state index in [1.807, 2.05) is 6.92 Å². The molecular weight excluding hydrogens is 226 g/mol. The maximum Gasteiger partial charge on any atom is 0.153 e. The van der Waals surface area contributed by atoms with Crippen LogP contribution in [-0.4, -0.2) is 19.9 Å². The van der Waals surface area contributed by atoms with Crippen molar-refractivity contribution in [1.29, 1.82) is 0 Å². The molecule has 2 rings (SSSR count). The number of hydrogen-bond acceptors (Lipinski definition) is 3. The van der Waals surface area contributed by atoms with Crippen molar-refractivity contribution in [2.45, 2.75) is 20.0 Å². The van der Waals surface area contributed by atoms with Crippen LogP contribution in [0.4, 0.5) is 0 Å². The minimum absolute atomic E-state index is 0.520. The van der Waals surface area contributed by atoms with Gasteiger partial charge in [0.25, 0.3) is 0 Å². The molecule has 1 N–H and O–H groups in total. The molecule has 0 spiro atoms. The number of hydrogen-bond donors (Lipinski definition) is 1. The molecule has 0 aliphatic heterocycles. The number of rotatable bonds is 2. The highest BCUT2D eigenvalue weighted by Gasteiger charge is 2.07. The summed E-state index contributed by atoms with van der Waals surface area (Å²) in [6.45, 7) is 3.54. The summed E-state index contributed by atoms with van der Waals surface area (Å²) in [6.07, 6.45) is 2.82. The largest absolute Gasteiger partial charge is 0.389 e. The van der Waals surface area contributed by atoms with Gasteiger partial charge in [-0.3, -0.25) is 0 Å². The van der Waals surface area contributed by atoms with Gasteiger partial charge in [0.15, 0.2) is 5.82 Å². The molecule has 5 heteroatoms. The second kappa shape index (κ2) is 4.23. The summed E-state index contributed by atoms with van der Waals surface area (Å²) in [7, 11) is 0. The van der Waals surface area contributed by atoms with Gasteiger partial charge in [0.05, 0.1) is 23.0 Å². The van der Waals surface area contributed by atoms with Gasteiger partial charge in [-0.25, -0.2) is 9.67 Å². The number of aromatic nitrogens is 3. The molecule has 0 bridgehead atoms. The molecular formula is C11H12ClN3O. The van der Waals surface area contributed by atoms with E-state index in [0.717, 1.165) is 11.3 Å². The van der Waals surface area contributed by atoms with Crippen molar-refractivity contribution in [3.8, 4) is 5.82 Å². The first kappa shape index (κ1) is 11.1. The molecule has 0 radical (unpaired) electrons. The molecule has 0 saturated carbocycles. The Labute approximate surface area is 98.5 Å². The van der Waals surface area contributed by atoms with Crippen LogP contribution in [0, 0.1) is 6.92 Å².